The summed E-state index contributed by atoms with van der Waals surface area (Å²) < 4.78 is 26.0. The molecule has 0 fully saturated rings. The third-order valence-corrected chi connectivity index (χ3v) is 2.32. The molecule has 138 valence electrons. The largest absolute Gasteiger partial charge is 0.447 e. The molecule has 0 bridgehead atoms. The average Bonchev–Trinajstić information content (AvgIpc) is 2.46. The molecule has 3 N–H and O–H groups in total. The van der Waals surface area contributed by atoms with E-state index in [1.807, 2.05) is 20.8 Å². The minimum absolute atomic E-state index is 0.216. The normalized spacial score (nSPS) is 11.5. The molecule has 0 saturated carbocycles. The Bertz CT molecular complexity index is 284. The number of ether oxygens (including phenoxy) is 5. The molecule has 0 heterocycles. The minimum atomic E-state index is -0.440. The van der Waals surface area contributed by atoms with Crippen molar-refractivity contribution in [2.24, 2.45) is 5.73 Å². The fraction of sp³-hybridized carbons (Fsp3) is 0.933. The molecule has 8 heteroatoms. The topological polar surface area (TPSA) is 101 Å². The zero-order valence-corrected chi connectivity index (χ0v) is 14.6. The standard InChI is InChI=1S/C15H32N2O6/c1-15(2,3)17-14(18)23-13-12-22-11-10-21-9-8-20-7-6-19-5-4-16/h4-13,16H2,1-3H3,(H,17,18). The lowest BCUT2D eigenvalue weighted by Gasteiger charge is -2.19. The predicted molar refractivity (Wildman–Crippen MR) is 86.6 cm³/mol. The van der Waals surface area contributed by atoms with E-state index in [1.165, 1.54) is 0 Å². The Balaban J connectivity index is 3.15. The molecule has 0 aromatic heterocycles. The van der Waals surface area contributed by atoms with E-state index in [1.54, 1.807) is 0 Å². The number of carbonyl (C=O) groups excluding carboxylic acids is 1. The number of amides is 1. The third-order valence-electron chi connectivity index (χ3n) is 2.32. The first-order valence-electron chi connectivity index (χ1n) is 7.91. The highest BCUT2D eigenvalue weighted by Crippen LogP contribution is 1.98. The molecule has 0 unspecified atom stereocenters. The van der Waals surface area contributed by atoms with Crippen LogP contribution < -0.4 is 11.1 Å². The summed E-state index contributed by atoms with van der Waals surface area (Å²) in [5.41, 5.74) is 4.98. The number of hydrogen-bond acceptors (Lipinski definition) is 7. The molecule has 0 rings (SSSR count). The molecule has 0 spiro atoms. The van der Waals surface area contributed by atoms with Crippen LogP contribution in [0.15, 0.2) is 0 Å². The van der Waals surface area contributed by atoms with Crippen LogP contribution in [0, 0.1) is 0 Å². The molecule has 1 amide bonds. The van der Waals surface area contributed by atoms with Gasteiger partial charge in [-0.1, -0.05) is 0 Å². The van der Waals surface area contributed by atoms with Crippen molar-refractivity contribution >= 4 is 6.09 Å². The van der Waals surface area contributed by atoms with E-state index in [4.69, 9.17) is 29.4 Å². The average molecular weight is 336 g/mol. The second kappa shape index (κ2) is 14.6. The third kappa shape index (κ3) is 19.0. The van der Waals surface area contributed by atoms with Gasteiger partial charge < -0.3 is 34.7 Å². The van der Waals surface area contributed by atoms with Crippen molar-refractivity contribution in [3.05, 3.63) is 0 Å². The van der Waals surface area contributed by atoms with Gasteiger partial charge in [0.25, 0.3) is 0 Å². The number of rotatable bonds is 14. The van der Waals surface area contributed by atoms with Crippen LogP contribution in [0.5, 0.6) is 0 Å². The van der Waals surface area contributed by atoms with Crippen LogP contribution in [-0.4, -0.2) is 77.6 Å². The minimum Gasteiger partial charge on any atom is -0.447 e. The van der Waals surface area contributed by atoms with Gasteiger partial charge in [0, 0.05) is 12.1 Å². The van der Waals surface area contributed by atoms with Gasteiger partial charge in [0.1, 0.15) is 6.61 Å². The van der Waals surface area contributed by atoms with E-state index < -0.39 is 6.09 Å². The summed E-state index contributed by atoms with van der Waals surface area (Å²) in [5.74, 6) is 0. The molecule has 0 aliphatic carbocycles. The van der Waals surface area contributed by atoms with Crippen LogP contribution in [0.1, 0.15) is 20.8 Å². The molecule has 23 heavy (non-hydrogen) atoms. The maximum atomic E-state index is 11.3. The lowest BCUT2D eigenvalue weighted by atomic mass is 10.1. The van der Waals surface area contributed by atoms with Crippen LogP contribution in [0.25, 0.3) is 0 Å². The lowest BCUT2D eigenvalue weighted by molar-refractivity contribution is -0.00603. The van der Waals surface area contributed by atoms with Crippen molar-refractivity contribution in [1.29, 1.82) is 0 Å². The maximum absolute atomic E-state index is 11.3. The van der Waals surface area contributed by atoms with Crippen molar-refractivity contribution in [3.63, 3.8) is 0 Å². The van der Waals surface area contributed by atoms with Gasteiger partial charge in [-0.25, -0.2) is 4.79 Å². The number of carbonyl (C=O) groups is 1. The zero-order valence-electron chi connectivity index (χ0n) is 14.6. The van der Waals surface area contributed by atoms with E-state index in [0.29, 0.717) is 59.4 Å². The molecule has 0 aromatic rings. The summed E-state index contributed by atoms with van der Waals surface area (Å²) in [4.78, 5) is 11.3. The van der Waals surface area contributed by atoms with Crippen LogP contribution >= 0.6 is 0 Å². The SMILES string of the molecule is CC(C)(C)NC(=O)OCCOCCOCCOCCOCCN. The number of hydrogen-bond donors (Lipinski definition) is 2. The predicted octanol–water partition coefficient (Wildman–Crippen LogP) is 0.536. The van der Waals surface area contributed by atoms with Gasteiger partial charge in [0.2, 0.25) is 0 Å². The fourth-order valence-corrected chi connectivity index (χ4v) is 1.38. The smallest absolute Gasteiger partial charge is 0.407 e. The summed E-state index contributed by atoms with van der Waals surface area (Å²) in [6.07, 6.45) is -0.440. The van der Waals surface area contributed by atoms with Gasteiger partial charge in [-0.15, -0.1) is 0 Å². The zero-order chi connectivity index (χ0) is 17.4. The molecular weight excluding hydrogens is 304 g/mol. The van der Waals surface area contributed by atoms with Gasteiger partial charge in [-0.3, -0.25) is 0 Å². The van der Waals surface area contributed by atoms with Crippen molar-refractivity contribution in [2.75, 3.05) is 66.0 Å². The Morgan fingerprint density at radius 2 is 1.17 bits per heavy atom. The van der Waals surface area contributed by atoms with Gasteiger partial charge in [0.15, 0.2) is 0 Å². The van der Waals surface area contributed by atoms with Crippen LogP contribution in [0.3, 0.4) is 0 Å². The van der Waals surface area contributed by atoms with E-state index in [-0.39, 0.29) is 12.1 Å². The Kier molecular flexibility index (Phi) is 14.1. The van der Waals surface area contributed by atoms with Crippen molar-refractivity contribution in [3.8, 4) is 0 Å². The molecular formula is C15H32N2O6. The van der Waals surface area contributed by atoms with Crippen LogP contribution in [0.4, 0.5) is 4.79 Å². The molecule has 0 radical (unpaired) electrons. The monoisotopic (exact) mass is 336 g/mol. The van der Waals surface area contributed by atoms with Crippen molar-refractivity contribution in [2.45, 2.75) is 26.3 Å². The van der Waals surface area contributed by atoms with E-state index >= 15 is 0 Å². The number of alkyl carbamates (subject to hydrolysis) is 1. The fourth-order valence-electron chi connectivity index (χ4n) is 1.38. The Labute approximate surface area is 138 Å². The Morgan fingerprint density at radius 1 is 0.783 bits per heavy atom. The van der Waals surface area contributed by atoms with E-state index in [2.05, 4.69) is 5.32 Å². The highest BCUT2D eigenvalue weighted by atomic mass is 16.6. The second-order valence-electron chi connectivity index (χ2n) is 5.75. The summed E-state index contributed by atoms with van der Waals surface area (Å²) in [5, 5.41) is 2.70. The summed E-state index contributed by atoms with van der Waals surface area (Å²) >= 11 is 0. The van der Waals surface area contributed by atoms with Gasteiger partial charge in [-0.2, -0.15) is 0 Å². The van der Waals surface area contributed by atoms with Gasteiger partial charge in [-0.05, 0) is 20.8 Å². The number of nitrogens with one attached hydrogen (secondary N) is 1. The molecule has 0 aromatic carbocycles. The van der Waals surface area contributed by atoms with Crippen LogP contribution in [-0.2, 0) is 23.7 Å². The highest BCUT2D eigenvalue weighted by Gasteiger charge is 2.13. The number of nitrogens with two attached hydrogens (primary N) is 1. The van der Waals surface area contributed by atoms with Gasteiger partial charge in [0.05, 0.1) is 52.9 Å². The molecule has 0 aliphatic rings. The quantitative estimate of drug-likeness (QED) is 0.446. The maximum Gasteiger partial charge on any atom is 0.407 e. The Hall–Kier alpha value is -0.930. The molecule has 0 saturated heterocycles. The highest BCUT2D eigenvalue weighted by molar-refractivity contribution is 5.67. The second-order valence-corrected chi connectivity index (χ2v) is 5.75. The first-order chi connectivity index (χ1) is 11.0. The summed E-state index contributed by atoms with van der Waals surface area (Å²) in [6, 6.07) is 0. The molecule has 8 nitrogen and oxygen atoms in total. The van der Waals surface area contributed by atoms with E-state index in [9.17, 15) is 4.79 Å². The van der Waals surface area contributed by atoms with E-state index in [0.717, 1.165) is 0 Å². The van der Waals surface area contributed by atoms with Crippen molar-refractivity contribution in [1.82, 2.24) is 5.32 Å². The lowest BCUT2D eigenvalue weighted by Crippen LogP contribution is -2.41. The van der Waals surface area contributed by atoms with Crippen LogP contribution in [0.2, 0.25) is 0 Å². The summed E-state index contributed by atoms with van der Waals surface area (Å²) in [7, 11) is 0. The summed E-state index contributed by atoms with van der Waals surface area (Å²) in [6.45, 7) is 10.3. The Morgan fingerprint density at radius 3 is 1.57 bits per heavy atom. The van der Waals surface area contributed by atoms with Gasteiger partial charge >= 0.3 is 6.09 Å². The van der Waals surface area contributed by atoms with Crippen molar-refractivity contribution < 1.29 is 28.5 Å². The first kappa shape index (κ1) is 22.1. The molecule has 0 atom stereocenters. The first-order valence-corrected chi connectivity index (χ1v) is 7.91. The molecule has 0 aliphatic heterocycles.